The summed E-state index contributed by atoms with van der Waals surface area (Å²) < 4.78 is 35.1. The van der Waals surface area contributed by atoms with Crippen molar-refractivity contribution >= 4 is 5.91 Å². The number of aliphatic hydroxyl groups is 8. The van der Waals surface area contributed by atoms with Crippen LogP contribution in [0.3, 0.4) is 0 Å². The fraction of sp³-hybridized carbons (Fsp3) is 0.963. The molecule has 22 heteroatoms. The Morgan fingerprint density at radius 3 is 1.96 bits per heavy atom. The minimum Gasteiger partial charge on any atom is -0.394 e. The van der Waals surface area contributed by atoms with Crippen molar-refractivity contribution in [1.29, 1.82) is 0 Å². The van der Waals surface area contributed by atoms with Gasteiger partial charge in [0.2, 0.25) is 0 Å². The van der Waals surface area contributed by atoms with E-state index in [9.17, 15) is 45.6 Å². The lowest BCUT2D eigenvalue weighted by molar-refractivity contribution is -0.295. The summed E-state index contributed by atoms with van der Waals surface area (Å²) in [6, 6.07) is -4.65. The van der Waals surface area contributed by atoms with E-state index in [0.717, 1.165) is 0 Å². The van der Waals surface area contributed by atoms with Gasteiger partial charge in [-0.2, -0.15) is 0 Å². The molecule has 3 saturated heterocycles. The third-order valence-electron chi connectivity index (χ3n) is 9.40. The third-order valence-corrected chi connectivity index (χ3v) is 9.40. The van der Waals surface area contributed by atoms with Gasteiger partial charge in [0.15, 0.2) is 25.0 Å². The molecule has 0 radical (unpaired) electrons. The lowest BCUT2D eigenvalue weighted by Crippen LogP contribution is -2.68. The molecule has 49 heavy (non-hydrogen) atoms. The number of rotatable bonds is 13. The summed E-state index contributed by atoms with van der Waals surface area (Å²) in [5, 5.41) is 86.4. The zero-order valence-electron chi connectivity index (χ0n) is 26.7. The molecule has 22 nitrogen and oxygen atoms in total. The number of hydrogen-bond acceptors (Lipinski definition) is 21. The second kappa shape index (κ2) is 17.5. The van der Waals surface area contributed by atoms with Crippen molar-refractivity contribution in [3.63, 3.8) is 0 Å². The molecule has 0 aromatic heterocycles. The van der Waals surface area contributed by atoms with Crippen molar-refractivity contribution in [2.45, 2.75) is 135 Å². The van der Waals surface area contributed by atoms with Crippen LogP contribution in [-0.2, 0) is 33.2 Å². The van der Waals surface area contributed by atoms with Crippen LogP contribution >= 0.6 is 0 Å². The van der Waals surface area contributed by atoms with Crippen molar-refractivity contribution < 1.29 is 74.1 Å². The zero-order valence-corrected chi connectivity index (χ0v) is 26.7. The summed E-state index contributed by atoms with van der Waals surface area (Å²) in [5.74, 6) is -1.07. The van der Waals surface area contributed by atoms with E-state index >= 15 is 0 Å². The molecule has 286 valence electrons. The fourth-order valence-corrected chi connectivity index (χ4v) is 6.37. The Morgan fingerprint density at radius 1 is 0.735 bits per heavy atom. The van der Waals surface area contributed by atoms with Crippen molar-refractivity contribution in [1.82, 2.24) is 5.32 Å². The molecule has 1 aliphatic carbocycles. The van der Waals surface area contributed by atoms with Gasteiger partial charge in [0, 0.05) is 32.1 Å². The number of hydrogen-bond donors (Lipinski definition) is 15. The molecule has 1 saturated carbocycles. The van der Waals surface area contributed by atoms with Crippen LogP contribution < -0.4 is 39.7 Å². The van der Waals surface area contributed by atoms with Gasteiger partial charge in [0.05, 0.1) is 36.9 Å². The first-order valence-electron chi connectivity index (χ1n) is 16.1. The quantitative estimate of drug-likeness (QED) is 0.0841. The first kappa shape index (κ1) is 40.4. The van der Waals surface area contributed by atoms with Gasteiger partial charge in [0.1, 0.15) is 61.0 Å². The van der Waals surface area contributed by atoms with Crippen LogP contribution in [0.15, 0.2) is 0 Å². The standard InChI is InChI=1S/C27H53N7O15/c28-3-7-1-10(36)14(32)25(44-7)47-21-8(31)2-9(34-24(43)17(39)11(37)4-29)16(38)23(21)49-27-20(42)22(13(6-35)46-27)48-26-15(33)19(41)18(40)12(5-30)45-26/h7-23,25-27,35-42H,1-6,28-33H2,(H,34,43)/t7-,8-,9+,10+,11+,12-,13+,14+,15+,16-,17-,18+,19+,20+,21+,22+,23+,25+,26+,27-/m0/s1. The zero-order chi connectivity index (χ0) is 36.3. The summed E-state index contributed by atoms with van der Waals surface area (Å²) in [6.07, 6.45) is -22.6. The molecule has 0 unspecified atom stereocenters. The van der Waals surface area contributed by atoms with E-state index in [1.165, 1.54) is 0 Å². The molecule has 0 aromatic rings. The second-order valence-corrected chi connectivity index (χ2v) is 12.9. The van der Waals surface area contributed by atoms with E-state index in [1.807, 2.05) is 0 Å². The van der Waals surface area contributed by atoms with Crippen LogP contribution in [0, 0.1) is 0 Å². The highest BCUT2D eigenvalue weighted by Crippen LogP contribution is 2.34. The molecule has 0 bridgehead atoms. The van der Waals surface area contributed by atoms with Crippen molar-refractivity contribution in [2.75, 3.05) is 26.2 Å². The predicted molar refractivity (Wildman–Crippen MR) is 162 cm³/mol. The van der Waals surface area contributed by atoms with Crippen LogP contribution in [0.4, 0.5) is 0 Å². The number of amides is 1. The van der Waals surface area contributed by atoms with Gasteiger partial charge in [-0.1, -0.05) is 0 Å². The number of aliphatic hydroxyl groups excluding tert-OH is 8. The largest absolute Gasteiger partial charge is 0.394 e. The molecular weight excluding hydrogens is 662 g/mol. The van der Waals surface area contributed by atoms with Crippen molar-refractivity contribution in [3.8, 4) is 0 Å². The van der Waals surface area contributed by atoms with Gasteiger partial charge in [-0.3, -0.25) is 4.79 Å². The van der Waals surface area contributed by atoms with Crippen LogP contribution in [0.5, 0.6) is 0 Å². The van der Waals surface area contributed by atoms with E-state index in [2.05, 4.69) is 5.32 Å². The van der Waals surface area contributed by atoms with Crippen LogP contribution in [0.1, 0.15) is 12.8 Å². The maximum absolute atomic E-state index is 12.7. The molecule has 1 amide bonds. The Labute approximate surface area is 281 Å². The highest BCUT2D eigenvalue weighted by molar-refractivity contribution is 5.81. The molecule has 3 aliphatic heterocycles. The minimum absolute atomic E-state index is 0.0242. The SMILES string of the molecule is NC[C@@H]1C[C@@H](O)[C@@H](N)[C@@H](O[C@H]2[C@H](O[C@@H]3O[C@H](CO)[C@@H](O[C@H]4O[C@@H](CN)[C@@H](O)[C@H](O)[C@H]4N)[C@H]3O)[C@@H](O)[C@H](NC(=O)[C@@H](O)[C@H](O)CN)C[C@@H]2N)O1. The number of ether oxygens (including phenoxy) is 6. The van der Waals surface area contributed by atoms with E-state index in [4.69, 9.17) is 62.8 Å². The lowest BCUT2D eigenvalue weighted by Gasteiger charge is -2.47. The fourth-order valence-electron chi connectivity index (χ4n) is 6.37. The summed E-state index contributed by atoms with van der Waals surface area (Å²) in [4.78, 5) is 12.7. The third kappa shape index (κ3) is 8.83. The van der Waals surface area contributed by atoms with Gasteiger partial charge in [-0.25, -0.2) is 0 Å². The Balaban J connectivity index is 1.57. The topological polar surface area (TPSA) is 402 Å². The van der Waals surface area contributed by atoms with E-state index in [-0.39, 0.29) is 25.9 Å². The van der Waals surface area contributed by atoms with Gasteiger partial charge in [-0.05, 0) is 6.42 Å². The summed E-state index contributed by atoms with van der Waals surface area (Å²) in [6.45, 7) is -1.33. The molecule has 21 N–H and O–H groups in total. The smallest absolute Gasteiger partial charge is 0.251 e. The molecule has 4 aliphatic rings. The Kier molecular flexibility index (Phi) is 14.4. The number of nitrogens with one attached hydrogen (secondary N) is 1. The van der Waals surface area contributed by atoms with Crippen LogP contribution in [-0.4, -0.2) is 195 Å². The van der Waals surface area contributed by atoms with E-state index < -0.39 is 141 Å². The van der Waals surface area contributed by atoms with Crippen LogP contribution in [0.25, 0.3) is 0 Å². The predicted octanol–water partition coefficient (Wildman–Crippen LogP) is -10.0. The monoisotopic (exact) mass is 715 g/mol. The normalized spacial score (nSPS) is 47.5. The number of carbonyl (C=O) groups excluding carboxylic acids is 1. The van der Waals surface area contributed by atoms with Crippen molar-refractivity contribution in [2.24, 2.45) is 34.4 Å². The average Bonchev–Trinajstić information content (AvgIpc) is 3.38. The highest BCUT2D eigenvalue weighted by Gasteiger charge is 2.54. The average molecular weight is 716 g/mol. The molecule has 0 aromatic carbocycles. The molecular formula is C27H53N7O15. The summed E-state index contributed by atoms with van der Waals surface area (Å²) >= 11 is 0. The molecule has 20 atom stereocenters. The Hall–Kier alpha value is -1.33. The van der Waals surface area contributed by atoms with Gasteiger partial charge < -0.3 is 109 Å². The number of nitrogens with two attached hydrogens (primary N) is 6. The maximum Gasteiger partial charge on any atom is 0.251 e. The second-order valence-electron chi connectivity index (χ2n) is 12.9. The van der Waals surface area contributed by atoms with Gasteiger partial charge in [0.25, 0.3) is 5.91 Å². The first-order chi connectivity index (χ1) is 23.2. The molecule has 0 spiro atoms. The Morgan fingerprint density at radius 2 is 1.35 bits per heavy atom. The van der Waals surface area contributed by atoms with E-state index in [0.29, 0.717) is 0 Å². The summed E-state index contributed by atoms with van der Waals surface area (Å²) in [5.41, 5.74) is 35.3. The first-order valence-corrected chi connectivity index (χ1v) is 16.1. The summed E-state index contributed by atoms with van der Waals surface area (Å²) in [7, 11) is 0. The molecule has 4 rings (SSSR count). The Bertz CT molecular complexity index is 1060. The van der Waals surface area contributed by atoms with Crippen molar-refractivity contribution in [3.05, 3.63) is 0 Å². The number of carbonyl (C=O) groups is 1. The molecule has 3 heterocycles. The minimum atomic E-state index is -1.94. The molecule has 4 fully saturated rings. The van der Waals surface area contributed by atoms with E-state index in [1.54, 1.807) is 0 Å². The van der Waals surface area contributed by atoms with Gasteiger partial charge in [-0.15, -0.1) is 0 Å². The van der Waals surface area contributed by atoms with Crippen LogP contribution in [0.2, 0.25) is 0 Å². The van der Waals surface area contributed by atoms with Gasteiger partial charge >= 0.3 is 0 Å². The highest BCUT2D eigenvalue weighted by atomic mass is 16.8. The maximum atomic E-state index is 12.7. The lowest BCUT2D eigenvalue weighted by atomic mass is 9.83.